The second-order valence-electron chi connectivity index (χ2n) is 4.38. The highest BCUT2D eigenvalue weighted by molar-refractivity contribution is 7.89. The molecule has 0 aromatic heterocycles. The van der Waals surface area contributed by atoms with E-state index < -0.39 is 27.8 Å². The second-order valence-corrected chi connectivity index (χ2v) is 6.64. The molecule has 1 unspecified atom stereocenters. The summed E-state index contributed by atoms with van der Waals surface area (Å²) in [5, 5.41) is 0.246. The van der Waals surface area contributed by atoms with Gasteiger partial charge in [-0.15, -0.1) is 0 Å². The lowest BCUT2D eigenvalue weighted by molar-refractivity contribution is -0.150. The number of sulfonamides is 1. The van der Waals surface area contributed by atoms with Crippen molar-refractivity contribution in [2.24, 2.45) is 0 Å². The summed E-state index contributed by atoms with van der Waals surface area (Å²) in [7, 11) is -3.96. The number of esters is 1. The van der Waals surface area contributed by atoms with Crippen LogP contribution < -0.4 is 0 Å². The molecule has 0 N–H and O–H groups in total. The van der Waals surface area contributed by atoms with Crippen molar-refractivity contribution < 1.29 is 22.7 Å². The van der Waals surface area contributed by atoms with Crippen molar-refractivity contribution in [3.8, 4) is 0 Å². The number of ether oxygens (including phenoxy) is 1. The molecule has 1 heterocycles. The minimum absolute atomic E-state index is 0.0564. The van der Waals surface area contributed by atoms with E-state index in [-0.39, 0.29) is 28.6 Å². The number of benzene rings is 1. The van der Waals surface area contributed by atoms with Crippen LogP contribution >= 0.6 is 11.6 Å². The van der Waals surface area contributed by atoms with Gasteiger partial charge in [0.2, 0.25) is 0 Å². The summed E-state index contributed by atoms with van der Waals surface area (Å²) < 4.78 is 30.4. The fraction of sp³-hybridized carbons (Fsp3) is 0.385. The zero-order valence-corrected chi connectivity index (χ0v) is 13.1. The molecule has 1 aliphatic rings. The Bertz CT molecular complexity index is 701. The zero-order chi connectivity index (χ0) is 15.8. The van der Waals surface area contributed by atoms with E-state index >= 15 is 0 Å². The van der Waals surface area contributed by atoms with Gasteiger partial charge in [0.25, 0.3) is 15.9 Å². The topological polar surface area (TPSA) is 80.8 Å². The molecule has 0 saturated heterocycles. The normalized spacial score (nSPS) is 20.0. The average Bonchev–Trinajstić information content (AvgIpc) is 2.38. The summed E-state index contributed by atoms with van der Waals surface area (Å²) in [6.45, 7) is 3.17. The van der Waals surface area contributed by atoms with Crippen LogP contribution in [0.15, 0.2) is 23.1 Å². The van der Waals surface area contributed by atoms with E-state index in [9.17, 15) is 18.0 Å². The number of amides is 1. The summed E-state index contributed by atoms with van der Waals surface area (Å²) >= 11 is 5.86. The summed E-state index contributed by atoms with van der Waals surface area (Å²) in [6.07, 6.45) is 0. The smallest absolute Gasteiger partial charge is 0.323 e. The maximum absolute atomic E-state index is 12.4. The van der Waals surface area contributed by atoms with E-state index in [1.807, 2.05) is 0 Å². The minimum Gasteiger partial charge on any atom is -0.465 e. The molecule has 1 amide bonds. The first-order chi connectivity index (χ1) is 9.84. The molecule has 0 bridgehead atoms. The highest BCUT2D eigenvalue weighted by Crippen LogP contribution is 2.36. The fourth-order valence-electron chi connectivity index (χ4n) is 2.27. The zero-order valence-electron chi connectivity index (χ0n) is 11.5. The largest absolute Gasteiger partial charge is 0.465 e. The molecule has 21 heavy (non-hydrogen) atoms. The number of hydrogen-bond acceptors (Lipinski definition) is 5. The lowest BCUT2D eigenvalue weighted by Crippen LogP contribution is -2.46. The van der Waals surface area contributed by atoms with Gasteiger partial charge in [-0.25, -0.2) is 12.7 Å². The van der Waals surface area contributed by atoms with E-state index in [0.29, 0.717) is 4.31 Å². The molecule has 1 atom stereocenters. The van der Waals surface area contributed by atoms with Crippen molar-refractivity contribution in [3.63, 3.8) is 0 Å². The quantitative estimate of drug-likeness (QED) is 0.620. The average molecular weight is 332 g/mol. The Morgan fingerprint density at radius 1 is 1.38 bits per heavy atom. The van der Waals surface area contributed by atoms with Crippen LogP contribution in [0.1, 0.15) is 25.3 Å². The molecule has 6 nitrogen and oxygen atoms in total. The van der Waals surface area contributed by atoms with Crippen LogP contribution in [0.4, 0.5) is 0 Å². The number of rotatable bonds is 3. The van der Waals surface area contributed by atoms with E-state index in [4.69, 9.17) is 16.3 Å². The number of carbonyl (C=O) groups is 2. The molecule has 0 saturated carbocycles. The summed E-state index contributed by atoms with van der Waals surface area (Å²) in [5.74, 6) is -2.90. The Morgan fingerprint density at radius 2 is 2.05 bits per heavy atom. The molecule has 8 heteroatoms. The second kappa shape index (κ2) is 5.65. The van der Waals surface area contributed by atoms with E-state index in [1.54, 1.807) is 6.92 Å². The van der Waals surface area contributed by atoms with Crippen molar-refractivity contribution in [3.05, 3.63) is 28.8 Å². The first kappa shape index (κ1) is 15.8. The Morgan fingerprint density at radius 3 is 2.62 bits per heavy atom. The van der Waals surface area contributed by atoms with Crippen LogP contribution in [-0.2, 0) is 24.3 Å². The standard InChI is InChI=1S/C13H14ClNO5S/c1-3-15-12(16)11(13(17)20-4-2)9-7-8(14)5-6-10(9)21(15,18)19/h5-7,11H,3-4H2,1-2H3. The van der Waals surface area contributed by atoms with Crippen molar-refractivity contribution in [1.82, 2.24) is 4.31 Å². The molecule has 0 radical (unpaired) electrons. The van der Waals surface area contributed by atoms with E-state index in [0.717, 1.165) is 0 Å². The van der Waals surface area contributed by atoms with Crippen molar-refractivity contribution in [2.45, 2.75) is 24.7 Å². The van der Waals surface area contributed by atoms with Crippen LogP contribution in [0.3, 0.4) is 0 Å². The van der Waals surface area contributed by atoms with Crippen LogP contribution in [0.25, 0.3) is 0 Å². The predicted molar refractivity (Wildman–Crippen MR) is 75.4 cm³/mol. The van der Waals surface area contributed by atoms with Gasteiger partial charge < -0.3 is 4.74 Å². The monoisotopic (exact) mass is 331 g/mol. The van der Waals surface area contributed by atoms with Gasteiger partial charge >= 0.3 is 5.97 Å². The minimum atomic E-state index is -3.96. The lowest BCUT2D eigenvalue weighted by atomic mass is 9.97. The first-order valence-electron chi connectivity index (χ1n) is 6.37. The van der Waals surface area contributed by atoms with Gasteiger partial charge in [0.05, 0.1) is 11.5 Å². The SMILES string of the molecule is CCOC(=O)C1C(=O)N(CC)S(=O)(=O)c2ccc(Cl)cc21. The van der Waals surface area contributed by atoms with E-state index in [1.165, 1.54) is 25.1 Å². The van der Waals surface area contributed by atoms with Crippen LogP contribution in [0.5, 0.6) is 0 Å². The van der Waals surface area contributed by atoms with Gasteiger partial charge in [-0.2, -0.15) is 0 Å². The fourth-order valence-corrected chi connectivity index (χ4v) is 4.09. The van der Waals surface area contributed by atoms with Gasteiger partial charge in [0, 0.05) is 11.6 Å². The molecule has 1 aliphatic heterocycles. The van der Waals surface area contributed by atoms with Crippen LogP contribution in [-0.4, -0.2) is 37.8 Å². The number of halogens is 1. The van der Waals surface area contributed by atoms with Crippen LogP contribution in [0.2, 0.25) is 5.02 Å². The van der Waals surface area contributed by atoms with Crippen molar-refractivity contribution in [1.29, 1.82) is 0 Å². The molecule has 1 aromatic carbocycles. The number of likely N-dealkylation sites (N-methyl/N-ethyl adjacent to an activating group) is 1. The summed E-state index contributed by atoms with van der Waals surface area (Å²) in [6, 6.07) is 4.03. The summed E-state index contributed by atoms with van der Waals surface area (Å²) in [5.41, 5.74) is 0.0654. The number of nitrogens with zero attached hydrogens (tertiary/aromatic N) is 1. The van der Waals surface area contributed by atoms with Crippen LogP contribution in [0, 0.1) is 0 Å². The van der Waals surface area contributed by atoms with Crippen molar-refractivity contribution in [2.75, 3.05) is 13.2 Å². The molecule has 1 aromatic rings. The van der Waals surface area contributed by atoms with Gasteiger partial charge in [0.1, 0.15) is 0 Å². The van der Waals surface area contributed by atoms with Gasteiger partial charge in [0.15, 0.2) is 5.92 Å². The Kier molecular flexibility index (Phi) is 4.25. The molecule has 0 spiro atoms. The van der Waals surface area contributed by atoms with E-state index in [2.05, 4.69) is 0 Å². The maximum Gasteiger partial charge on any atom is 0.323 e. The maximum atomic E-state index is 12.4. The molecule has 0 fully saturated rings. The number of fused-ring (bicyclic) bond motifs is 1. The molecular formula is C13H14ClNO5S. The Hall–Kier alpha value is -1.60. The predicted octanol–water partition coefficient (Wildman–Crippen LogP) is 1.54. The number of hydrogen-bond donors (Lipinski definition) is 0. The van der Waals surface area contributed by atoms with Gasteiger partial charge in [-0.05, 0) is 37.6 Å². The summed E-state index contributed by atoms with van der Waals surface area (Å²) in [4.78, 5) is 24.3. The van der Waals surface area contributed by atoms with Crippen molar-refractivity contribution >= 4 is 33.5 Å². The molecular weight excluding hydrogens is 318 g/mol. The molecule has 114 valence electrons. The van der Waals surface area contributed by atoms with Gasteiger partial charge in [-0.3, -0.25) is 9.59 Å². The Labute approximate surface area is 127 Å². The third-order valence-corrected chi connectivity index (χ3v) is 5.33. The lowest BCUT2D eigenvalue weighted by Gasteiger charge is -2.31. The molecule has 2 rings (SSSR count). The highest BCUT2D eigenvalue weighted by Gasteiger charge is 2.46. The third-order valence-electron chi connectivity index (χ3n) is 3.15. The molecule has 0 aliphatic carbocycles. The van der Waals surface area contributed by atoms with Gasteiger partial charge in [-0.1, -0.05) is 11.6 Å². The highest BCUT2D eigenvalue weighted by atomic mass is 35.5. The first-order valence-corrected chi connectivity index (χ1v) is 8.19. The third kappa shape index (κ3) is 2.51. The Balaban J connectivity index is 2.70. The number of carbonyl (C=O) groups excluding carboxylic acids is 2.